The molecule has 0 radical (unpaired) electrons. The first-order valence-electron chi connectivity index (χ1n) is 5.51. The molecule has 0 fully saturated rings. The smallest absolute Gasteiger partial charge is 0.150 e. The Morgan fingerprint density at radius 3 is 2.33 bits per heavy atom. The van der Waals surface area contributed by atoms with Gasteiger partial charge in [-0.25, -0.2) is 8.78 Å². The maximum absolute atomic E-state index is 13.8. The van der Waals surface area contributed by atoms with Gasteiger partial charge in [-0.2, -0.15) is 0 Å². The molecule has 0 saturated carbocycles. The van der Waals surface area contributed by atoms with Crippen LogP contribution in [0.15, 0.2) is 12.1 Å². The Balaban J connectivity index is 2.99. The third-order valence-corrected chi connectivity index (χ3v) is 2.80. The van der Waals surface area contributed by atoms with Gasteiger partial charge in [0.05, 0.1) is 6.10 Å². The molecular formula is C12H16F2N2OS. The van der Waals surface area contributed by atoms with Gasteiger partial charge < -0.3 is 15.7 Å². The number of aliphatic hydroxyl groups excluding tert-OH is 1. The predicted octanol–water partition coefficient (Wildman–Crippen LogP) is 1.81. The second-order valence-electron chi connectivity index (χ2n) is 4.21. The quantitative estimate of drug-likeness (QED) is 0.804. The molecule has 0 heterocycles. The lowest BCUT2D eigenvalue weighted by Crippen LogP contribution is -2.24. The zero-order valence-corrected chi connectivity index (χ0v) is 11.1. The molecule has 1 aromatic rings. The van der Waals surface area contributed by atoms with Crippen LogP contribution in [0.4, 0.5) is 14.5 Å². The summed E-state index contributed by atoms with van der Waals surface area (Å²) in [6, 6.07) is 2.22. The van der Waals surface area contributed by atoms with Gasteiger partial charge in [0.1, 0.15) is 22.3 Å². The zero-order chi connectivity index (χ0) is 13.9. The third-order valence-electron chi connectivity index (χ3n) is 2.57. The summed E-state index contributed by atoms with van der Waals surface area (Å²) < 4.78 is 27.6. The average molecular weight is 274 g/mol. The molecule has 0 spiro atoms. The van der Waals surface area contributed by atoms with Crippen LogP contribution in [-0.4, -0.2) is 29.8 Å². The van der Waals surface area contributed by atoms with Gasteiger partial charge in [0.2, 0.25) is 0 Å². The number of rotatable bonds is 5. The number of thiocarbonyl (C=S) groups is 1. The summed E-state index contributed by atoms with van der Waals surface area (Å²) in [6.07, 6.45) is -0.0960. The normalized spacial score (nSPS) is 12.3. The van der Waals surface area contributed by atoms with Gasteiger partial charge in [-0.05, 0) is 25.5 Å². The monoisotopic (exact) mass is 274 g/mol. The summed E-state index contributed by atoms with van der Waals surface area (Å²) in [7, 11) is 1.56. The molecular weight excluding hydrogens is 258 g/mol. The summed E-state index contributed by atoms with van der Waals surface area (Å²) in [6.45, 7) is 1.97. The maximum atomic E-state index is 13.8. The second kappa shape index (κ2) is 6.06. The molecule has 0 bridgehead atoms. The van der Waals surface area contributed by atoms with Crippen LogP contribution < -0.4 is 10.6 Å². The fraction of sp³-hybridized carbons (Fsp3) is 0.417. The van der Waals surface area contributed by atoms with Crippen LogP contribution in [0, 0.1) is 11.6 Å². The van der Waals surface area contributed by atoms with Gasteiger partial charge >= 0.3 is 0 Å². The molecule has 100 valence electrons. The van der Waals surface area contributed by atoms with E-state index < -0.39 is 17.7 Å². The van der Waals surface area contributed by atoms with Crippen molar-refractivity contribution in [1.82, 2.24) is 0 Å². The predicted molar refractivity (Wildman–Crippen MR) is 71.8 cm³/mol. The SMILES string of the molecule is CC(O)CCN(C)c1c(F)cc(C(N)=S)cc1F. The van der Waals surface area contributed by atoms with Gasteiger partial charge in [-0.15, -0.1) is 0 Å². The van der Waals surface area contributed by atoms with Gasteiger partial charge in [-0.3, -0.25) is 0 Å². The molecule has 0 aromatic heterocycles. The van der Waals surface area contributed by atoms with Gasteiger partial charge in [0.25, 0.3) is 0 Å². The number of nitrogens with two attached hydrogens (primary N) is 1. The minimum atomic E-state index is -0.717. The summed E-state index contributed by atoms with van der Waals surface area (Å²) >= 11 is 4.67. The van der Waals surface area contributed by atoms with Crippen molar-refractivity contribution in [3.63, 3.8) is 0 Å². The lowest BCUT2D eigenvalue weighted by molar-refractivity contribution is 0.186. The fourth-order valence-electron chi connectivity index (χ4n) is 1.56. The highest BCUT2D eigenvalue weighted by atomic mass is 32.1. The molecule has 0 saturated heterocycles. The number of benzene rings is 1. The van der Waals surface area contributed by atoms with Crippen LogP contribution in [0.2, 0.25) is 0 Å². The van der Waals surface area contributed by atoms with E-state index in [1.165, 1.54) is 4.90 Å². The minimum absolute atomic E-state index is 0.0500. The summed E-state index contributed by atoms with van der Waals surface area (Å²) in [5, 5.41) is 9.16. The van der Waals surface area contributed by atoms with E-state index in [4.69, 9.17) is 10.8 Å². The van der Waals surface area contributed by atoms with Crippen LogP contribution in [0.1, 0.15) is 18.9 Å². The highest BCUT2D eigenvalue weighted by Gasteiger charge is 2.16. The van der Waals surface area contributed by atoms with Crippen molar-refractivity contribution in [3.05, 3.63) is 29.3 Å². The number of hydrogen-bond donors (Lipinski definition) is 2. The number of halogens is 2. The zero-order valence-electron chi connectivity index (χ0n) is 10.3. The van der Waals surface area contributed by atoms with E-state index in [2.05, 4.69) is 12.2 Å². The fourth-order valence-corrected chi connectivity index (χ4v) is 1.68. The van der Waals surface area contributed by atoms with Crippen molar-refractivity contribution in [2.75, 3.05) is 18.5 Å². The average Bonchev–Trinajstić information content (AvgIpc) is 2.25. The molecule has 0 aliphatic carbocycles. The lowest BCUT2D eigenvalue weighted by Gasteiger charge is -2.21. The van der Waals surface area contributed by atoms with Crippen LogP contribution in [0.25, 0.3) is 0 Å². The van der Waals surface area contributed by atoms with Crippen molar-refractivity contribution in [2.24, 2.45) is 5.73 Å². The van der Waals surface area contributed by atoms with E-state index in [1.54, 1.807) is 14.0 Å². The van der Waals surface area contributed by atoms with Crippen molar-refractivity contribution in [3.8, 4) is 0 Å². The Bertz CT molecular complexity index is 429. The first-order valence-corrected chi connectivity index (χ1v) is 5.91. The van der Waals surface area contributed by atoms with Crippen LogP contribution in [0.3, 0.4) is 0 Å². The molecule has 6 heteroatoms. The Morgan fingerprint density at radius 1 is 1.44 bits per heavy atom. The lowest BCUT2D eigenvalue weighted by atomic mass is 10.1. The van der Waals surface area contributed by atoms with Gasteiger partial charge in [-0.1, -0.05) is 12.2 Å². The Hall–Kier alpha value is -1.27. The van der Waals surface area contributed by atoms with E-state index in [-0.39, 0.29) is 16.2 Å². The molecule has 18 heavy (non-hydrogen) atoms. The van der Waals surface area contributed by atoms with Crippen molar-refractivity contribution < 1.29 is 13.9 Å². The van der Waals surface area contributed by atoms with Gasteiger partial charge in [0.15, 0.2) is 0 Å². The number of aliphatic hydroxyl groups is 1. The Morgan fingerprint density at radius 2 is 1.94 bits per heavy atom. The number of nitrogens with zero attached hydrogens (tertiary/aromatic N) is 1. The maximum Gasteiger partial charge on any atom is 0.150 e. The minimum Gasteiger partial charge on any atom is -0.393 e. The second-order valence-corrected chi connectivity index (χ2v) is 4.65. The molecule has 0 aliphatic heterocycles. The molecule has 0 aliphatic rings. The van der Waals surface area contributed by atoms with E-state index in [9.17, 15) is 8.78 Å². The number of hydrogen-bond acceptors (Lipinski definition) is 3. The van der Waals surface area contributed by atoms with E-state index in [0.717, 1.165) is 12.1 Å². The highest BCUT2D eigenvalue weighted by molar-refractivity contribution is 7.80. The molecule has 0 amide bonds. The largest absolute Gasteiger partial charge is 0.393 e. The molecule has 1 rings (SSSR count). The van der Waals surface area contributed by atoms with E-state index >= 15 is 0 Å². The van der Waals surface area contributed by atoms with Crippen molar-refractivity contribution >= 4 is 22.9 Å². The van der Waals surface area contributed by atoms with Crippen molar-refractivity contribution in [1.29, 1.82) is 0 Å². The first kappa shape index (κ1) is 14.8. The van der Waals surface area contributed by atoms with E-state index in [0.29, 0.717) is 13.0 Å². The topological polar surface area (TPSA) is 49.5 Å². The third kappa shape index (κ3) is 3.61. The Labute approximate surface area is 110 Å². The van der Waals surface area contributed by atoms with E-state index in [1.807, 2.05) is 0 Å². The highest BCUT2D eigenvalue weighted by Crippen LogP contribution is 2.24. The molecule has 1 unspecified atom stereocenters. The molecule has 3 nitrogen and oxygen atoms in total. The molecule has 1 atom stereocenters. The summed E-state index contributed by atoms with van der Waals surface area (Å²) in [5.41, 5.74) is 5.34. The molecule has 3 N–H and O–H groups in total. The van der Waals surface area contributed by atoms with Crippen LogP contribution in [-0.2, 0) is 0 Å². The Kier molecular flexibility index (Phi) is 4.98. The molecule has 1 aromatic carbocycles. The van der Waals surface area contributed by atoms with Crippen LogP contribution >= 0.6 is 12.2 Å². The summed E-state index contributed by atoms with van der Waals surface area (Å²) in [5.74, 6) is -1.43. The number of anilines is 1. The van der Waals surface area contributed by atoms with Crippen LogP contribution in [0.5, 0.6) is 0 Å². The first-order chi connectivity index (χ1) is 8.32. The van der Waals surface area contributed by atoms with Crippen molar-refractivity contribution in [2.45, 2.75) is 19.4 Å². The summed E-state index contributed by atoms with van der Waals surface area (Å²) in [4.78, 5) is 1.37. The standard InChI is InChI=1S/C12H16F2N2OS/c1-7(17)3-4-16(2)11-9(13)5-8(12(15)18)6-10(11)14/h5-7,17H,3-4H2,1-2H3,(H2,15,18). The van der Waals surface area contributed by atoms with Gasteiger partial charge in [0, 0.05) is 19.2 Å².